The number of carbonyl (C=O) groups is 1. The third-order valence-corrected chi connectivity index (χ3v) is 3.63. The monoisotopic (exact) mass is 341 g/mol. The highest BCUT2D eigenvalue weighted by Crippen LogP contribution is 2.34. The molecule has 0 aliphatic carbocycles. The Bertz CT molecular complexity index is 904. The third-order valence-electron chi connectivity index (χ3n) is 3.63. The number of methoxy groups -OCH3 is 2. The lowest BCUT2D eigenvalue weighted by Crippen LogP contribution is -2.11. The molecule has 0 atom stereocenters. The van der Waals surface area contributed by atoms with Crippen LogP contribution in [0.3, 0.4) is 0 Å². The normalized spacial score (nSPS) is 10.4. The van der Waals surface area contributed by atoms with Crippen molar-refractivity contribution in [2.24, 2.45) is 0 Å². The van der Waals surface area contributed by atoms with Crippen molar-refractivity contribution in [3.05, 3.63) is 66.2 Å². The predicted molar refractivity (Wildman–Crippen MR) is 91.6 cm³/mol. The van der Waals surface area contributed by atoms with E-state index in [1.54, 1.807) is 43.5 Å². The Balaban J connectivity index is 1.85. The Morgan fingerprint density at radius 1 is 1.04 bits per heavy atom. The number of anilines is 1. The lowest BCUT2D eigenvalue weighted by Gasteiger charge is -2.08. The van der Waals surface area contributed by atoms with Crippen molar-refractivity contribution >= 4 is 11.6 Å². The molecule has 0 aliphatic heterocycles. The van der Waals surface area contributed by atoms with Gasteiger partial charge in [-0.3, -0.25) is 4.79 Å². The minimum absolute atomic E-state index is 0.0659. The summed E-state index contributed by atoms with van der Waals surface area (Å²) < 4.78 is 29.7. The molecule has 6 heteroatoms. The van der Waals surface area contributed by atoms with Gasteiger partial charge in [0.15, 0.2) is 5.76 Å². The quantitative estimate of drug-likeness (QED) is 0.749. The number of hydrogen-bond acceptors (Lipinski definition) is 4. The van der Waals surface area contributed by atoms with E-state index >= 15 is 0 Å². The molecule has 0 unspecified atom stereocenters. The Kier molecular flexibility index (Phi) is 4.70. The summed E-state index contributed by atoms with van der Waals surface area (Å²) in [7, 11) is 3.10. The van der Waals surface area contributed by atoms with Gasteiger partial charge in [0.05, 0.1) is 25.5 Å². The number of nitrogens with one attached hydrogen (secondary N) is 1. The maximum absolute atomic E-state index is 13.6. The van der Waals surface area contributed by atoms with Gasteiger partial charge in [-0.15, -0.1) is 0 Å². The standard InChI is InChI=1S/C19H16FNO4/c1-23-12-7-8-13(18(11-12)24-2)16-9-10-17(25-16)19(22)21-15-6-4-3-5-14(15)20/h3-11H,1-2H3,(H,21,22). The number of halogens is 1. The second kappa shape index (κ2) is 7.09. The molecule has 0 spiro atoms. The average molecular weight is 341 g/mol. The van der Waals surface area contributed by atoms with Crippen molar-refractivity contribution in [2.75, 3.05) is 19.5 Å². The lowest BCUT2D eigenvalue weighted by molar-refractivity contribution is 0.0997. The molecule has 25 heavy (non-hydrogen) atoms. The van der Waals surface area contributed by atoms with Gasteiger partial charge in [0.1, 0.15) is 23.1 Å². The van der Waals surface area contributed by atoms with E-state index in [1.165, 1.54) is 25.3 Å². The number of amides is 1. The van der Waals surface area contributed by atoms with Crippen LogP contribution in [-0.4, -0.2) is 20.1 Å². The zero-order valence-corrected chi connectivity index (χ0v) is 13.7. The molecule has 1 aromatic heterocycles. The highest BCUT2D eigenvalue weighted by atomic mass is 19.1. The first-order valence-corrected chi connectivity index (χ1v) is 7.50. The largest absolute Gasteiger partial charge is 0.497 e. The summed E-state index contributed by atoms with van der Waals surface area (Å²) in [5.74, 6) is 0.664. The molecule has 1 heterocycles. The summed E-state index contributed by atoms with van der Waals surface area (Å²) in [6, 6.07) is 14.4. The van der Waals surface area contributed by atoms with Crippen LogP contribution in [0.2, 0.25) is 0 Å². The zero-order valence-electron chi connectivity index (χ0n) is 13.7. The van der Waals surface area contributed by atoms with Crippen molar-refractivity contribution in [1.29, 1.82) is 0 Å². The number of carbonyl (C=O) groups excluding carboxylic acids is 1. The summed E-state index contributed by atoms with van der Waals surface area (Å²) in [5.41, 5.74) is 0.765. The Morgan fingerprint density at radius 3 is 2.56 bits per heavy atom. The van der Waals surface area contributed by atoms with E-state index in [1.807, 2.05) is 0 Å². The molecule has 0 radical (unpaired) electrons. The average Bonchev–Trinajstić information content (AvgIpc) is 3.13. The Morgan fingerprint density at radius 2 is 1.84 bits per heavy atom. The van der Waals surface area contributed by atoms with Crippen LogP contribution in [0.25, 0.3) is 11.3 Å². The van der Waals surface area contributed by atoms with Gasteiger partial charge >= 0.3 is 0 Å². The summed E-state index contributed by atoms with van der Waals surface area (Å²) in [4.78, 5) is 12.2. The van der Waals surface area contributed by atoms with Crippen molar-refractivity contribution in [3.63, 3.8) is 0 Å². The first-order valence-electron chi connectivity index (χ1n) is 7.50. The minimum Gasteiger partial charge on any atom is -0.497 e. The van der Waals surface area contributed by atoms with Crippen LogP contribution in [0.5, 0.6) is 11.5 Å². The molecule has 3 rings (SSSR count). The van der Waals surface area contributed by atoms with Gasteiger partial charge in [0, 0.05) is 6.07 Å². The molecule has 0 saturated heterocycles. The minimum atomic E-state index is -0.538. The van der Waals surface area contributed by atoms with Gasteiger partial charge < -0.3 is 19.2 Å². The van der Waals surface area contributed by atoms with Gasteiger partial charge in [0.2, 0.25) is 0 Å². The number of para-hydroxylation sites is 1. The molecule has 2 aromatic carbocycles. The molecule has 0 aliphatic rings. The summed E-state index contributed by atoms with van der Waals surface area (Å²) >= 11 is 0. The van der Waals surface area contributed by atoms with Crippen molar-refractivity contribution in [1.82, 2.24) is 0 Å². The maximum Gasteiger partial charge on any atom is 0.291 e. The van der Waals surface area contributed by atoms with Crippen LogP contribution in [0.4, 0.5) is 10.1 Å². The van der Waals surface area contributed by atoms with Crippen LogP contribution in [-0.2, 0) is 0 Å². The fourth-order valence-electron chi connectivity index (χ4n) is 2.35. The van der Waals surface area contributed by atoms with Gasteiger partial charge in [0.25, 0.3) is 5.91 Å². The molecule has 128 valence electrons. The highest BCUT2D eigenvalue weighted by molar-refractivity contribution is 6.02. The third kappa shape index (κ3) is 3.47. The molecule has 1 amide bonds. The summed E-state index contributed by atoms with van der Waals surface area (Å²) in [5, 5.41) is 2.48. The van der Waals surface area contributed by atoms with Crippen LogP contribution in [0.15, 0.2) is 59.0 Å². The first-order chi connectivity index (χ1) is 12.1. The lowest BCUT2D eigenvalue weighted by atomic mass is 10.1. The molecule has 0 fully saturated rings. The molecule has 0 bridgehead atoms. The number of benzene rings is 2. The first kappa shape index (κ1) is 16.6. The molecule has 0 saturated carbocycles. The van der Waals surface area contributed by atoms with Crippen molar-refractivity contribution in [2.45, 2.75) is 0 Å². The fourth-order valence-corrected chi connectivity index (χ4v) is 2.35. The van der Waals surface area contributed by atoms with E-state index in [2.05, 4.69) is 5.32 Å². The van der Waals surface area contributed by atoms with Crippen LogP contribution in [0.1, 0.15) is 10.6 Å². The van der Waals surface area contributed by atoms with E-state index in [4.69, 9.17) is 13.9 Å². The van der Waals surface area contributed by atoms with Crippen molar-refractivity contribution < 1.29 is 23.1 Å². The van der Waals surface area contributed by atoms with E-state index < -0.39 is 11.7 Å². The SMILES string of the molecule is COc1ccc(-c2ccc(C(=O)Nc3ccccc3F)o2)c(OC)c1. The van der Waals surface area contributed by atoms with Gasteiger partial charge in [-0.2, -0.15) is 0 Å². The molecular formula is C19H16FNO4. The van der Waals surface area contributed by atoms with E-state index in [9.17, 15) is 9.18 Å². The number of ether oxygens (including phenoxy) is 2. The summed E-state index contributed by atoms with van der Waals surface area (Å²) in [6.07, 6.45) is 0. The van der Waals surface area contributed by atoms with Crippen LogP contribution in [0, 0.1) is 5.82 Å². The summed E-state index contributed by atoms with van der Waals surface area (Å²) in [6.45, 7) is 0. The van der Waals surface area contributed by atoms with Gasteiger partial charge in [-0.25, -0.2) is 4.39 Å². The van der Waals surface area contributed by atoms with Crippen LogP contribution < -0.4 is 14.8 Å². The molecular weight excluding hydrogens is 325 g/mol. The van der Waals surface area contributed by atoms with Crippen molar-refractivity contribution in [3.8, 4) is 22.8 Å². The predicted octanol–water partition coefficient (Wildman–Crippen LogP) is 4.36. The second-order valence-electron chi connectivity index (χ2n) is 5.16. The fraction of sp³-hybridized carbons (Fsp3) is 0.105. The maximum atomic E-state index is 13.6. The van der Waals surface area contributed by atoms with E-state index in [0.717, 1.165) is 0 Å². The molecule has 5 nitrogen and oxygen atoms in total. The highest BCUT2D eigenvalue weighted by Gasteiger charge is 2.16. The molecule has 3 aromatic rings. The zero-order chi connectivity index (χ0) is 17.8. The topological polar surface area (TPSA) is 60.7 Å². The number of hydrogen-bond donors (Lipinski definition) is 1. The number of furan rings is 1. The molecule has 1 N–H and O–H groups in total. The van der Waals surface area contributed by atoms with Crippen LogP contribution >= 0.6 is 0 Å². The number of rotatable bonds is 5. The van der Waals surface area contributed by atoms with Gasteiger partial charge in [-0.05, 0) is 36.4 Å². The smallest absolute Gasteiger partial charge is 0.291 e. The Labute approximate surface area is 144 Å². The second-order valence-corrected chi connectivity index (χ2v) is 5.16. The van der Waals surface area contributed by atoms with Gasteiger partial charge in [-0.1, -0.05) is 12.1 Å². The van der Waals surface area contributed by atoms with E-state index in [0.29, 0.717) is 22.8 Å². The Hall–Kier alpha value is -3.28. The van der Waals surface area contributed by atoms with E-state index in [-0.39, 0.29) is 11.4 Å².